The largest absolute Gasteiger partial charge is 0.465 e. The van der Waals surface area contributed by atoms with Gasteiger partial charge in [-0.2, -0.15) is 0 Å². The molecule has 0 aromatic heterocycles. The molecule has 0 spiro atoms. The van der Waals surface area contributed by atoms with Gasteiger partial charge in [0.2, 0.25) is 11.8 Å². The Morgan fingerprint density at radius 1 is 1.28 bits per heavy atom. The van der Waals surface area contributed by atoms with Crippen LogP contribution in [0.3, 0.4) is 0 Å². The van der Waals surface area contributed by atoms with E-state index in [1.165, 1.54) is 0 Å². The maximum Gasteiger partial charge on any atom is 0.325 e. The van der Waals surface area contributed by atoms with E-state index in [1.807, 2.05) is 6.92 Å². The molecular formula is C12H20N2O4. The monoisotopic (exact) mass is 256 g/mol. The summed E-state index contributed by atoms with van der Waals surface area (Å²) in [6.07, 6.45) is 1.10. The maximum absolute atomic E-state index is 11.4. The van der Waals surface area contributed by atoms with Crippen LogP contribution in [-0.4, -0.2) is 37.5 Å². The predicted molar refractivity (Wildman–Crippen MR) is 64.5 cm³/mol. The van der Waals surface area contributed by atoms with Gasteiger partial charge in [0.25, 0.3) is 0 Å². The Hall–Kier alpha value is -1.59. The lowest BCUT2D eigenvalue weighted by atomic mass is 10.3. The third kappa shape index (κ3) is 5.16. The molecule has 102 valence electrons. The van der Waals surface area contributed by atoms with Crippen molar-refractivity contribution in [1.29, 1.82) is 0 Å². The Morgan fingerprint density at radius 3 is 2.50 bits per heavy atom. The lowest BCUT2D eigenvalue weighted by molar-refractivity contribution is -0.143. The Labute approximate surface area is 106 Å². The number of nitrogens with one attached hydrogen (secondary N) is 2. The fourth-order valence-electron chi connectivity index (χ4n) is 1.59. The average molecular weight is 256 g/mol. The lowest BCUT2D eigenvalue weighted by Crippen LogP contribution is -2.34. The summed E-state index contributed by atoms with van der Waals surface area (Å²) in [4.78, 5) is 33.7. The topological polar surface area (TPSA) is 84.5 Å². The van der Waals surface area contributed by atoms with Gasteiger partial charge in [0, 0.05) is 18.9 Å². The van der Waals surface area contributed by atoms with Crippen molar-refractivity contribution in [3.8, 4) is 0 Å². The minimum atomic E-state index is -0.457. The molecule has 0 saturated heterocycles. The van der Waals surface area contributed by atoms with Crippen LogP contribution in [0.25, 0.3) is 0 Å². The molecular weight excluding hydrogens is 236 g/mol. The van der Waals surface area contributed by atoms with Crippen LogP contribution < -0.4 is 10.6 Å². The standard InChI is InChI=1S/C12H20N2O4/c1-3-18-11(16)7-14-10(15)4-5-13-12(17)9-6-8(9)2/h8-9H,3-7H2,1-2H3,(H,13,17)(H,14,15). The molecule has 0 heterocycles. The second kappa shape index (κ2) is 6.98. The fourth-order valence-corrected chi connectivity index (χ4v) is 1.59. The van der Waals surface area contributed by atoms with Gasteiger partial charge in [-0.05, 0) is 19.3 Å². The zero-order valence-electron chi connectivity index (χ0n) is 10.8. The summed E-state index contributed by atoms with van der Waals surface area (Å²) < 4.78 is 4.66. The summed E-state index contributed by atoms with van der Waals surface area (Å²) in [5.74, 6) is -0.134. The van der Waals surface area contributed by atoms with E-state index in [9.17, 15) is 14.4 Å². The van der Waals surface area contributed by atoms with Crippen molar-refractivity contribution in [2.24, 2.45) is 11.8 Å². The van der Waals surface area contributed by atoms with Crippen LogP contribution in [0, 0.1) is 11.8 Å². The lowest BCUT2D eigenvalue weighted by Gasteiger charge is -2.06. The molecule has 1 saturated carbocycles. The molecule has 2 amide bonds. The first kappa shape index (κ1) is 14.5. The number of hydrogen-bond donors (Lipinski definition) is 2. The second-order valence-electron chi connectivity index (χ2n) is 4.44. The number of hydrogen-bond acceptors (Lipinski definition) is 4. The van der Waals surface area contributed by atoms with Gasteiger partial charge in [0.1, 0.15) is 6.54 Å². The first-order valence-corrected chi connectivity index (χ1v) is 6.24. The summed E-state index contributed by atoms with van der Waals surface area (Å²) in [5, 5.41) is 5.13. The minimum Gasteiger partial charge on any atom is -0.465 e. The maximum atomic E-state index is 11.4. The van der Waals surface area contributed by atoms with E-state index in [0.717, 1.165) is 6.42 Å². The Bertz CT molecular complexity index is 330. The summed E-state index contributed by atoms with van der Waals surface area (Å²) in [6, 6.07) is 0. The van der Waals surface area contributed by atoms with Crippen molar-refractivity contribution in [1.82, 2.24) is 10.6 Å². The van der Waals surface area contributed by atoms with Crippen LogP contribution in [0.5, 0.6) is 0 Å². The summed E-state index contributed by atoms with van der Waals surface area (Å²) in [6.45, 7) is 4.20. The molecule has 6 nitrogen and oxygen atoms in total. The highest BCUT2D eigenvalue weighted by Crippen LogP contribution is 2.37. The molecule has 0 aromatic rings. The van der Waals surface area contributed by atoms with Crippen molar-refractivity contribution in [2.75, 3.05) is 19.7 Å². The molecule has 1 fully saturated rings. The Kier molecular flexibility index (Phi) is 5.61. The molecule has 0 bridgehead atoms. The van der Waals surface area contributed by atoms with Crippen LogP contribution in [-0.2, 0) is 19.1 Å². The van der Waals surface area contributed by atoms with Crippen LogP contribution >= 0.6 is 0 Å². The van der Waals surface area contributed by atoms with E-state index in [4.69, 9.17) is 0 Å². The van der Waals surface area contributed by atoms with Crippen molar-refractivity contribution in [3.05, 3.63) is 0 Å². The molecule has 1 aliphatic carbocycles. The Balaban J connectivity index is 2.03. The van der Waals surface area contributed by atoms with E-state index in [0.29, 0.717) is 19.1 Å². The molecule has 0 radical (unpaired) electrons. The number of rotatable bonds is 7. The molecule has 2 atom stereocenters. The summed E-state index contributed by atoms with van der Waals surface area (Å²) >= 11 is 0. The zero-order valence-corrected chi connectivity index (χ0v) is 10.8. The molecule has 6 heteroatoms. The van der Waals surface area contributed by atoms with Crippen LogP contribution in [0.2, 0.25) is 0 Å². The van der Waals surface area contributed by atoms with E-state index < -0.39 is 5.97 Å². The number of carbonyl (C=O) groups excluding carboxylic acids is 3. The molecule has 2 unspecified atom stereocenters. The van der Waals surface area contributed by atoms with Crippen molar-refractivity contribution < 1.29 is 19.1 Å². The van der Waals surface area contributed by atoms with E-state index in [1.54, 1.807) is 6.92 Å². The molecule has 2 N–H and O–H groups in total. The Morgan fingerprint density at radius 2 is 1.94 bits per heavy atom. The smallest absolute Gasteiger partial charge is 0.325 e. The zero-order chi connectivity index (χ0) is 13.5. The van der Waals surface area contributed by atoms with Gasteiger partial charge in [0.15, 0.2) is 0 Å². The first-order valence-electron chi connectivity index (χ1n) is 6.24. The number of amides is 2. The highest BCUT2D eigenvalue weighted by molar-refractivity contribution is 5.84. The van der Waals surface area contributed by atoms with Crippen molar-refractivity contribution in [2.45, 2.75) is 26.7 Å². The van der Waals surface area contributed by atoms with Crippen molar-refractivity contribution in [3.63, 3.8) is 0 Å². The third-order valence-corrected chi connectivity index (χ3v) is 2.83. The van der Waals surface area contributed by atoms with E-state index in [2.05, 4.69) is 15.4 Å². The summed E-state index contributed by atoms with van der Waals surface area (Å²) in [7, 11) is 0. The summed E-state index contributed by atoms with van der Waals surface area (Å²) in [5.41, 5.74) is 0. The SMILES string of the molecule is CCOC(=O)CNC(=O)CCNC(=O)C1CC1C. The minimum absolute atomic E-state index is 0.0145. The van der Waals surface area contributed by atoms with Gasteiger partial charge in [0.05, 0.1) is 6.61 Å². The van der Waals surface area contributed by atoms with Gasteiger partial charge in [-0.15, -0.1) is 0 Å². The van der Waals surface area contributed by atoms with Crippen LogP contribution in [0.15, 0.2) is 0 Å². The van der Waals surface area contributed by atoms with Crippen LogP contribution in [0.1, 0.15) is 26.7 Å². The molecule has 0 aliphatic heterocycles. The number of ether oxygens (including phenoxy) is 1. The van der Waals surface area contributed by atoms with Gasteiger partial charge in [-0.25, -0.2) is 0 Å². The van der Waals surface area contributed by atoms with Crippen molar-refractivity contribution >= 4 is 17.8 Å². The normalized spacial score (nSPS) is 21.0. The van der Waals surface area contributed by atoms with E-state index in [-0.39, 0.29) is 30.7 Å². The second-order valence-corrected chi connectivity index (χ2v) is 4.44. The first-order chi connectivity index (χ1) is 8.54. The van der Waals surface area contributed by atoms with Gasteiger partial charge in [-0.1, -0.05) is 6.92 Å². The fraction of sp³-hybridized carbons (Fsp3) is 0.750. The highest BCUT2D eigenvalue weighted by atomic mass is 16.5. The van der Waals surface area contributed by atoms with Gasteiger partial charge < -0.3 is 15.4 Å². The molecule has 1 rings (SSSR count). The van der Waals surface area contributed by atoms with Crippen LogP contribution in [0.4, 0.5) is 0 Å². The average Bonchev–Trinajstić information content (AvgIpc) is 3.04. The quantitative estimate of drug-likeness (QED) is 0.619. The third-order valence-electron chi connectivity index (χ3n) is 2.83. The molecule has 1 aliphatic rings. The predicted octanol–water partition coefficient (Wildman–Crippen LogP) is -0.172. The number of carbonyl (C=O) groups is 3. The number of esters is 1. The highest BCUT2D eigenvalue weighted by Gasteiger charge is 2.38. The molecule has 18 heavy (non-hydrogen) atoms. The molecule has 0 aromatic carbocycles. The van der Waals surface area contributed by atoms with Gasteiger partial charge >= 0.3 is 5.97 Å². The van der Waals surface area contributed by atoms with E-state index >= 15 is 0 Å². The van der Waals surface area contributed by atoms with Gasteiger partial charge in [-0.3, -0.25) is 14.4 Å².